The molecule has 4 aromatic heterocycles. The zero-order valence-electron chi connectivity index (χ0n) is 17.6. The molecule has 0 bridgehead atoms. The molecule has 0 fully saturated rings. The van der Waals surface area contributed by atoms with Crippen LogP contribution >= 0.6 is 0 Å². The van der Waals surface area contributed by atoms with Gasteiger partial charge in [0.1, 0.15) is 19.0 Å². The maximum atomic E-state index is 13.3. The second-order valence-electron chi connectivity index (χ2n) is 7.79. The van der Waals surface area contributed by atoms with E-state index >= 15 is 0 Å². The Morgan fingerprint density at radius 2 is 1.67 bits per heavy atom. The maximum Gasteiger partial charge on any atom is 0.267 e. The number of aryl methyl sites for hydroxylation is 1. The SMILES string of the molecule is Cc1nc(-n2ccc3nc4ccn(Cc5ccc6c(c5)OCCO6)c(=O)c4cc3c2=O)n[nH]1. The van der Waals surface area contributed by atoms with Gasteiger partial charge in [0.15, 0.2) is 11.5 Å². The van der Waals surface area contributed by atoms with Gasteiger partial charge in [-0.2, -0.15) is 4.98 Å². The highest BCUT2D eigenvalue weighted by Crippen LogP contribution is 2.31. The van der Waals surface area contributed by atoms with Crippen molar-refractivity contribution >= 4 is 21.8 Å². The number of fused-ring (bicyclic) bond motifs is 3. The highest BCUT2D eigenvalue weighted by atomic mass is 16.6. The third-order valence-electron chi connectivity index (χ3n) is 5.58. The fraction of sp³-hybridized carbons (Fsp3) is 0.174. The van der Waals surface area contributed by atoms with E-state index in [9.17, 15) is 9.59 Å². The largest absolute Gasteiger partial charge is 0.486 e. The quantitative estimate of drug-likeness (QED) is 0.425. The van der Waals surface area contributed by atoms with Gasteiger partial charge in [-0.3, -0.25) is 14.7 Å². The van der Waals surface area contributed by atoms with Gasteiger partial charge in [-0.05, 0) is 42.8 Å². The van der Waals surface area contributed by atoms with Crippen LogP contribution in [0.2, 0.25) is 0 Å². The summed E-state index contributed by atoms with van der Waals surface area (Å²) in [7, 11) is 0. The van der Waals surface area contributed by atoms with Gasteiger partial charge in [-0.15, -0.1) is 5.10 Å². The van der Waals surface area contributed by atoms with E-state index in [0.29, 0.717) is 58.9 Å². The van der Waals surface area contributed by atoms with E-state index in [0.717, 1.165) is 5.56 Å². The number of nitrogens with one attached hydrogen (secondary N) is 1. The first kappa shape index (κ1) is 19.2. The lowest BCUT2D eigenvalue weighted by molar-refractivity contribution is 0.171. The van der Waals surface area contributed by atoms with Crippen LogP contribution < -0.4 is 20.6 Å². The lowest BCUT2D eigenvalue weighted by Crippen LogP contribution is -2.22. The Kier molecular flexibility index (Phi) is 4.25. The van der Waals surface area contributed by atoms with Crippen LogP contribution in [0.25, 0.3) is 27.8 Å². The molecule has 1 aromatic carbocycles. The van der Waals surface area contributed by atoms with E-state index < -0.39 is 0 Å². The zero-order chi connectivity index (χ0) is 22.5. The van der Waals surface area contributed by atoms with Crippen LogP contribution in [0.5, 0.6) is 11.5 Å². The summed E-state index contributed by atoms with van der Waals surface area (Å²) >= 11 is 0. The number of hydrogen-bond donors (Lipinski definition) is 1. The minimum absolute atomic E-state index is 0.236. The molecular weight excluding hydrogens is 424 g/mol. The van der Waals surface area contributed by atoms with E-state index in [1.807, 2.05) is 18.2 Å². The number of nitrogens with zero attached hydrogens (tertiary/aromatic N) is 5. The Morgan fingerprint density at radius 3 is 2.45 bits per heavy atom. The van der Waals surface area contributed by atoms with E-state index in [4.69, 9.17) is 9.47 Å². The first-order valence-electron chi connectivity index (χ1n) is 10.4. The average molecular weight is 442 g/mol. The number of ether oxygens (including phenoxy) is 2. The fourth-order valence-electron chi connectivity index (χ4n) is 3.97. The third kappa shape index (κ3) is 3.23. The molecule has 0 radical (unpaired) electrons. The van der Waals surface area contributed by atoms with Crippen molar-refractivity contribution in [3.05, 3.63) is 80.9 Å². The molecule has 10 heteroatoms. The van der Waals surface area contributed by atoms with Crippen molar-refractivity contribution in [2.24, 2.45) is 0 Å². The molecule has 1 aliphatic rings. The standard InChI is InChI=1S/C23H18N6O4/c1-13-24-23(27-26-13)29-7-5-18-16(22(29)31)11-15-17(25-18)4-6-28(21(15)30)12-14-2-3-19-20(10-14)33-9-8-32-19/h2-7,10-11H,8-9,12H2,1H3,(H,24,26,27). The molecule has 0 saturated heterocycles. The first-order chi connectivity index (χ1) is 16.1. The Labute approximate surface area is 186 Å². The van der Waals surface area contributed by atoms with E-state index in [1.165, 1.54) is 4.57 Å². The second-order valence-corrected chi connectivity index (χ2v) is 7.79. The molecule has 164 valence electrons. The number of hydrogen-bond acceptors (Lipinski definition) is 7. The number of pyridine rings is 3. The van der Waals surface area contributed by atoms with Crippen molar-refractivity contribution in [3.8, 4) is 17.4 Å². The van der Waals surface area contributed by atoms with Gasteiger partial charge in [0.2, 0.25) is 0 Å². The topological polar surface area (TPSA) is 117 Å². The summed E-state index contributed by atoms with van der Waals surface area (Å²) in [4.78, 5) is 35.1. The fourth-order valence-corrected chi connectivity index (χ4v) is 3.97. The van der Waals surface area contributed by atoms with Gasteiger partial charge in [0, 0.05) is 12.4 Å². The number of aromatic amines is 1. The molecule has 5 aromatic rings. The molecule has 0 amide bonds. The number of benzene rings is 1. The van der Waals surface area contributed by atoms with Crippen LogP contribution in [0.3, 0.4) is 0 Å². The van der Waals surface area contributed by atoms with Gasteiger partial charge >= 0.3 is 0 Å². The summed E-state index contributed by atoms with van der Waals surface area (Å²) in [6.07, 6.45) is 3.28. The van der Waals surface area contributed by atoms with Crippen molar-refractivity contribution < 1.29 is 9.47 Å². The van der Waals surface area contributed by atoms with Gasteiger partial charge in [-0.1, -0.05) is 6.07 Å². The molecule has 0 aliphatic carbocycles. The molecule has 0 atom stereocenters. The molecule has 0 unspecified atom stereocenters. The highest BCUT2D eigenvalue weighted by molar-refractivity contribution is 5.91. The van der Waals surface area contributed by atoms with Gasteiger partial charge < -0.3 is 14.0 Å². The third-order valence-corrected chi connectivity index (χ3v) is 5.58. The smallest absolute Gasteiger partial charge is 0.267 e. The van der Waals surface area contributed by atoms with E-state index in [-0.39, 0.29) is 17.1 Å². The minimum atomic E-state index is -0.345. The minimum Gasteiger partial charge on any atom is -0.486 e. The van der Waals surface area contributed by atoms with Gasteiger partial charge in [0.05, 0.1) is 28.4 Å². The summed E-state index contributed by atoms with van der Waals surface area (Å²) < 4.78 is 14.1. The van der Waals surface area contributed by atoms with E-state index in [2.05, 4.69) is 20.2 Å². The predicted molar refractivity (Wildman–Crippen MR) is 120 cm³/mol. The van der Waals surface area contributed by atoms with Crippen LogP contribution in [0.1, 0.15) is 11.4 Å². The van der Waals surface area contributed by atoms with Crippen LogP contribution in [-0.2, 0) is 6.54 Å². The predicted octanol–water partition coefficient (Wildman–Crippen LogP) is 1.95. The van der Waals surface area contributed by atoms with E-state index in [1.54, 1.807) is 42.1 Å². The zero-order valence-corrected chi connectivity index (χ0v) is 17.6. The molecule has 1 N–H and O–H groups in total. The average Bonchev–Trinajstić information content (AvgIpc) is 3.26. The summed E-state index contributed by atoms with van der Waals surface area (Å²) in [5.41, 5.74) is 1.34. The summed E-state index contributed by atoms with van der Waals surface area (Å²) in [5, 5.41) is 7.46. The highest BCUT2D eigenvalue weighted by Gasteiger charge is 2.14. The Bertz CT molecular complexity index is 1670. The van der Waals surface area contributed by atoms with Crippen LogP contribution in [0.4, 0.5) is 0 Å². The molecular formula is C23H18N6O4. The van der Waals surface area contributed by atoms with Crippen molar-refractivity contribution in [2.45, 2.75) is 13.5 Å². The van der Waals surface area contributed by atoms with Crippen molar-refractivity contribution in [1.29, 1.82) is 0 Å². The molecule has 5 heterocycles. The van der Waals surface area contributed by atoms with Crippen LogP contribution in [0.15, 0.2) is 58.4 Å². The lowest BCUT2D eigenvalue weighted by Gasteiger charge is -2.19. The first-order valence-corrected chi connectivity index (χ1v) is 10.4. The van der Waals surface area contributed by atoms with Crippen molar-refractivity contribution in [1.82, 2.24) is 29.3 Å². The van der Waals surface area contributed by atoms with Crippen LogP contribution in [0, 0.1) is 6.92 Å². The molecule has 1 aliphatic heterocycles. The molecule has 0 saturated carbocycles. The van der Waals surface area contributed by atoms with Gasteiger partial charge in [0.25, 0.3) is 17.1 Å². The van der Waals surface area contributed by atoms with Gasteiger partial charge in [-0.25, -0.2) is 9.55 Å². The summed E-state index contributed by atoms with van der Waals surface area (Å²) in [6.45, 7) is 3.12. The molecule has 10 nitrogen and oxygen atoms in total. The van der Waals surface area contributed by atoms with Crippen molar-refractivity contribution in [3.63, 3.8) is 0 Å². The Morgan fingerprint density at radius 1 is 0.909 bits per heavy atom. The molecule has 0 spiro atoms. The lowest BCUT2D eigenvalue weighted by atomic mass is 10.1. The van der Waals surface area contributed by atoms with Crippen molar-refractivity contribution in [2.75, 3.05) is 13.2 Å². The summed E-state index contributed by atoms with van der Waals surface area (Å²) in [6, 6.07) is 10.7. The number of H-pyrrole nitrogens is 1. The molecule has 33 heavy (non-hydrogen) atoms. The number of aromatic nitrogens is 6. The number of rotatable bonds is 3. The maximum absolute atomic E-state index is 13.3. The monoisotopic (exact) mass is 442 g/mol. The second kappa shape index (κ2) is 7.30. The van der Waals surface area contributed by atoms with Crippen LogP contribution in [-0.4, -0.2) is 42.5 Å². The molecule has 6 rings (SSSR count). The Balaban J connectivity index is 1.45. The Hall–Kier alpha value is -4.47. The normalized spacial score (nSPS) is 13.0. The summed E-state index contributed by atoms with van der Waals surface area (Å²) in [5.74, 6) is 2.20.